The number of nitrogens with zero attached hydrogens (tertiary/aromatic N) is 2. The molecule has 2 aromatic carbocycles. The van der Waals surface area contributed by atoms with Gasteiger partial charge in [0.2, 0.25) is 0 Å². The number of pyridine rings is 1. The molecule has 0 saturated heterocycles. The van der Waals surface area contributed by atoms with Crippen molar-refractivity contribution in [1.29, 1.82) is 0 Å². The molecule has 138 valence electrons. The molecule has 3 rings (SSSR count). The summed E-state index contributed by atoms with van der Waals surface area (Å²) in [5.41, 5.74) is 2.20. The average Bonchev–Trinajstić information content (AvgIpc) is 2.70. The normalized spacial score (nSPS) is 10.5. The lowest BCUT2D eigenvalue weighted by molar-refractivity contribution is 0.0752. The van der Waals surface area contributed by atoms with Gasteiger partial charge in [0.25, 0.3) is 5.91 Å². The molecule has 0 bridgehead atoms. The van der Waals surface area contributed by atoms with Gasteiger partial charge in [0.15, 0.2) is 0 Å². The Hall–Kier alpha value is -2.92. The summed E-state index contributed by atoms with van der Waals surface area (Å²) in [6.07, 6.45) is 1.53. The van der Waals surface area contributed by atoms with Crippen LogP contribution in [-0.2, 0) is 6.54 Å². The first kappa shape index (κ1) is 18.9. The summed E-state index contributed by atoms with van der Waals surface area (Å²) in [6, 6.07) is 17.6. The van der Waals surface area contributed by atoms with E-state index in [0.29, 0.717) is 30.2 Å². The van der Waals surface area contributed by atoms with E-state index in [1.54, 1.807) is 23.1 Å². The highest BCUT2D eigenvalue weighted by Crippen LogP contribution is 2.22. The predicted octanol–water partition coefficient (Wildman–Crippen LogP) is 5.28. The van der Waals surface area contributed by atoms with Crippen LogP contribution in [-0.4, -0.2) is 22.3 Å². The Morgan fingerprint density at radius 1 is 1.15 bits per heavy atom. The summed E-state index contributed by atoms with van der Waals surface area (Å²) < 4.78 is 13.2. The first-order valence-corrected chi connectivity index (χ1v) is 8.96. The number of halogens is 2. The summed E-state index contributed by atoms with van der Waals surface area (Å²) in [7, 11) is 0. The van der Waals surface area contributed by atoms with Crippen molar-refractivity contribution in [3.63, 3.8) is 0 Å². The van der Waals surface area contributed by atoms with Gasteiger partial charge in [-0.25, -0.2) is 9.37 Å². The second kappa shape index (κ2) is 8.64. The lowest BCUT2D eigenvalue weighted by Crippen LogP contribution is -2.30. The number of aromatic nitrogens is 1. The largest absolute Gasteiger partial charge is 0.340 e. The van der Waals surface area contributed by atoms with Crippen LogP contribution in [0, 0.1) is 5.82 Å². The Morgan fingerprint density at radius 2 is 1.93 bits per heavy atom. The van der Waals surface area contributed by atoms with E-state index in [0.717, 1.165) is 5.56 Å². The van der Waals surface area contributed by atoms with Crippen molar-refractivity contribution in [2.24, 2.45) is 0 Å². The molecule has 0 fully saturated rings. The molecule has 6 heteroatoms. The van der Waals surface area contributed by atoms with Crippen LogP contribution in [0.25, 0.3) is 0 Å². The molecule has 0 radical (unpaired) electrons. The smallest absolute Gasteiger partial charge is 0.255 e. The summed E-state index contributed by atoms with van der Waals surface area (Å²) in [5.74, 6) is -0.0141. The Balaban J connectivity index is 1.69. The maximum absolute atomic E-state index is 13.2. The molecule has 1 heterocycles. The number of anilines is 2. The molecule has 27 heavy (non-hydrogen) atoms. The number of rotatable bonds is 6. The average molecular weight is 384 g/mol. The van der Waals surface area contributed by atoms with E-state index in [-0.39, 0.29) is 10.9 Å². The first-order valence-electron chi connectivity index (χ1n) is 8.58. The zero-order chi connectivity index (χ0) is 19.2. The van der Waals surface area contributed by atoms with Crippen LogP contribution < -0.4 is 5.32 Å². The number of hydrogen-bond donors (Lipinski definition) is 1. The van der Waals surface area contributed by atoms with Crippen molar-refractivity contribution >= 4 is 29.0 Å². The fourth-order valence-electron chi connectivity index (χ4n) is 2.63. The number of amides is 1. The fraction of sp³-hybridized carbons (Fsp3) is 0.143. The van der Waals surface area contributed by atoms with E-state index in [1.807, 2.05) is 37.3 Å². The van der Waals surface area contributed by atoms with Gasteiger partial charge in [0.05, 0.1) is 10.6 Å². The van der Waals surface area contributed by atoms with E-state index >= 15 is 0 Å². The summed E-state index contributed by atoms with van der Waals surface area (Å²) in [6.45, 7) is 3.09. The van der Waals surface area contributed by atoms with E-state index in [4.69, 9.17) is 11.6 Å². The molecule has 0 spiro atoms. The van der Waals surface area contributed by atoms with E-state index in [1.165, 1.54) is 18.3 Å². The monoisotopic (exact) mass is 383 g/mol. The zero-order valence-electron chi connectivity index (χ0n) is 14.8. The van der Waals surface area contributed by atoms with Crippen molar-refractivity contribution in [2.45, 2.75) is 13.5 Å². The molecule has 1 N–H and O–H groups in total. The second-order valence-corrected chi connectivity index (χ2v) is 6.40. The van der Waals surface area contributed by atoms with Crippen LogP contribution >= 0.6 is 11.6 Å². The highest BCUT2D eigenvalue weighted by molar-refractivity contribution is 6.31. The Labute approximate surface area is 162 Å². The molecular weight excluding hydrogens is 365 g/mol. The van der Waals surface area contributed by atoms with Gasteiger partial charge >= 0.3 is 0 Å². The Morgan fingerprint density at radius 3 is 2.56 bits per heavy atom. The van der Waals surface area contributed by atoms with Gasteiger partial charge in [-0.3, -0.25) is 4.79 Å². The van der Waals surface area contributed by atoms with E-state index in [9.17, 15) is 9.18 Å². The van der Waals surface area contributed by atoms with Gasteiger partial charge in [0.1, 0.15) is 11.6 Å². The van der Waals surface area contributed by atoms with Gasteiger partial charge in [-0.15, -0.1) is 0 Å². The molecule has 0 aliphatic carbocycles. The lowest BCUT2D eigenvalue weighted by Gasteiger charge is -2.21. The van der Waals surface area contributed by atoms with Crippen LogP contribution in [0.4, 0.5) is 15.9 Å². The molecule has 0 unspecified atom stereocenters. The molecule has 0 atom stereocenters. The maximum Gasteiger partial charge on any atom is 0.255 e. The zero-order valence-corrected chi connectivity index (χ0v) is 15.6. The van der Waals surface area contributed by atoms with Crippen LogP contribution in [0.2, 0.25) is 5.02 Å². The first-order chi connectivity index (χ1) is 13.1. The quantitative estimate of drug-likeness (QED) is 0.629. The van der Waals surface area contributed by atoms with Gasteiger partial charge in [-0.2, -0.15) is 0 Å². The number of carbonyl (C=O) groups excluding carboxylic acids is 1. The van der Waals surface area contributed by atoms with Crippen LogP contribution in [0.15, 0.2) is 66.9 Å². The highest BCUT2D eigenvalue weighted by atomic mass is 35.5. The maximum atomic E-state index is 13.2. The molecule has 3 aromatic rings. The van der Waals surface area contributed by atoms with E-state index in [2.05, 4.69) is 10.3 Å². The minimum absolute atomic E-state index is 0.0336. The summed E-state index contributed by atoms with van der Waals surface area (Å²) >= 11 is 5.78. The standard InChI is InChI=1S/C21H19ClFN3O/c1-2-26(14-15-6-4-3-5-7-15)21(27)16-8-11-20(24-13-16)25-17-9-10-19(23)18(22)12-17/h3-13H,2,14H2,1H3,(H,24,25). The van der Waals surface area contributed by atoms with Crippen molar-refractivity contribution in [3.05, 3.63) is 88.8 Å². The molecule has 1 amide bonds. The minimum Gasteiger partial charge on any atom is -0.340 e. The third-order valence-electron chi connectivity index (χ3n) is 4.09. The number of hydrogen-bond acceptors (Lipinski definition) is 3. The number of carbonyl (C=O) groups is 1. The molecule has 0 saturated carbocycles. The van der Waals surface area contributed by atoms with Crippen LogP contribution in [0.1, 0.15) is 22.8 Å². The number of nitrogens with one attached hydrogen (secondary N) is 1. The van der Waals surface area contributed by atoms with E-state index < -0.39 is 5.82 Å². The molecular formula is C21H19ClFN3O. The SMILES string of the molecule is CCN(Cc1ccccc1)C(=O)c1ccc(Nc2ccc(F)c(Cl)c2)nc1. The van der Waals surface area contributed by atoms with Crippen molar-refractivity contribution in [2.75, 3.05) is 11.9 Å². The Kier molecular flexibility index (Phi) is 6.04. The summed E-state index contributed by atoms with van der Waals surface area (Å²) in [5, 5.41) is 3.07. The van der Waals surface area contributed by atoms with Gasteiger partial charge in [-0.05, 0) is 42.8 Å². The third kappa shape index (κ3) is 4.83. The van der Waals surface area contributed by atoms with Gasteiger partial charge in [0, 0.05) is 25.0 Å². The van der Waals surface area contributed by atoms with Crippen molar-refractivity contribution in [3.8, 4) is 0 Å². The minimum atomic E-state index is -0.478. The fourth-order valence-corrected chi connectivity index (χ4v) is 2.81. The number of benzene rings is 2. The predicted molar refractivity (Wildman–Crippen MR) is 106 cm³/mol. The van der Waals surface area contributed by atoms with Gasteiger partial charge in [-0.1, -0.05) is 41.9 Å². The summed E-state index contributed by atoms with van der Waals surface area (Å²) in [4.78, 5) is 18.8. The third-order valence-corrected chi connectivity index (χ3v) is 4.38. The van der Waals surface area contributed by atoms with Crippen molar-refractivity contribution < 1.29 is 9.18 Å². The second-order valence-electron chi connectivity index (χ2n) is 5.99. The topological polar surface area (TPSA) is 45.2 Å². The van der Waals surface area contributed by atoms with Crippen molar-refractivity contribution in [1.82, 2.24) is 9.88 Å². The highest BCUT2D eigenvalue weighted by Gasteiger charge is 2.15. The molecule has 1 aromatic heterocycles. The molecule has 0 aliphatic rings. The lowest BCUT2D eigenvalue weighted by atomic mass is 10.2. The molecule has 4 nitrogen and oxygen atoms in total. The van der Waals surface area contributed by atoms with Crippen LogP contribution in [0.3, 0.4) is 0 Å². The van der Waals surface area contributed by atoms with Crippen LogP contribution in [0.5, 0.6) is 0 Å². The van der Waals surface area contributed by atoms with Gasteiger partial charge < -0.3 is 10.2 Å². The molecule has 0 aliphatic heterocycles. The Bertz CT molecular complexity index is 916.